The van der Waals surface area contributed by atoms with Gasteiger partial charge in [-0.15, -0.1) is 0 Å². The highest BCUT2D eigenvalue weighted by Gasteiger charge is 2.26. The Bertz CT molecular complexity index is 999. The van der Waals surface area contributed by atoms with E-state index in [1.165, 1.54) is 12.1 Å². The Kier molecular flexibility index (Phi) is 7.96. The fourth-order valence-electron chi connectivity index (χ4n) is 3.74. The summed E-state index contributed by atoms with van der Waals surface area (Å²) in [6.45, 7) is 11.4. The highest BCUT2D eigenvalue weighted by atomic mass is 19.1. The van der Waals surface area contributed by atoms with Gasteiger partial charge < -0.3 is 25.2 Å². The van der Waals surface area contributed by atoms with E-state index in [9.17, 15) is 14.0 Å². The number of ether oxygens (including phenoxy) is 1. The molecule has 184 valence electrons. The minimum Gasteiger partial charge on any atom is -0.444 e. The molecule has 0 saturated carbocycles. The summed E-state index contributed by atoms with van der Waals surface area (Å²) in [5.41, 5.74) is 2.31. The van der Waals surface area contributed by atoms with E-state index in [1.54, 1.807) is 17.2 Å². The lowest BCUT2D eigenvalue weighted by Gasteiger charge is -2.37. The molecule has 3 amide bonds. The van der Waals surface area contributed by atoms with Crippen molar-refractivity contribution < 1.29 is 18.7 Å². The van der Waals surface area contributed by atoms with E-state index in [0.29, 0.717) is 43.9 Å². The van der Waals surface area contributed by atoms with E-state index < -0.39 is 5.60 Å². The molecule has 1 aromatic carbocycles. The monoisotopic (exact) mass is 471 g/mol. The number of piperazine rings is 1. The van der Waals surface area contributed by atoms with Crippen LogP contribution in [-0.2, 0) is 4.74 Å². The molecule has 0 spiro atoms. The van der Waals surface area contributed by atoms with Crippen molar-refractivity contribution in [3.63, 3.8) is 0 Å². The summed E-state index contributed by atoms with van der Waals surface area (Å²) in [6.07, 6.45) is 1.85. The molecule has 0 radical (unpaired) electrons. The molecule has 34 heavy (non-hydrogen) atoms. The Hall–Kier alpha value is -3.36. The maximum Gasteiger partial charge on any atom is 0.410 e. The van der Waals surface area contributed by atoms with Crippen LogP contribution in [0.15, 0.2) is 36.5 Å². The number of hydrogen-bond acceptors (Lipinski definition) is 5. The highest BCUT2D eigenvalue weighted by molar-refractivity contribution is 5.89. The fraction of sp³-hybridized carbons (Fsp3) is 0.480. The number of carbonyl (C=O) groups is 2. The number of halogens is 1. The quantitative estimate of drug-likeness (QED) is 0.650. The van der Waals surface area contributed by atoms with E-state index in [1.807, 2.05) is 51.7 Å². The van der Waals surface area contributed by atoms with Gasteiger partial charge in [0.05, 0.1) is 17.9 Å². The minimum atomic E-state index is -0.546. The van der Waals surface area contributed by atoms with Crippen LogP contribution >= 0.6 is 0 Å². The molecule has 8 nitrogen and oxygen atoms in total. The zero-order chi connectivity index (χ0) is 24.9. The zero-order valence-corrected chi connectivity index (χ0v) is 20.5. The third-order valence-electron chi connectivity index (χ3n) is 5.49. The number of nitrogens with zero attached hydrogens (tertiary/aromatic N) is 3. The number of urea groups is 1. The predicted molar refractivity (Wildman–Crippen MR) is 131 cm³/mol. The number of anilines is 2. The number of benzene rings is 1. The summed E-state index contributed by atoms with van der Waals surface area (Å²) < 4.78 is 20.0. The van der Waals surface area contributed by atoms with Crippen LogP contribution in [-0.4, -0.2) is 53.8 Å². The second kappa shape index (κ2) is 10.7. The first-order valence-electron chi connectivity index (χ1n) is 11.6. The molecular weight excluding hydrogens is 437 g/mol. The first-order chi connectivity index (χ1) is 16.0. The lowest BCUT2D eigenvalue weighted by atomic mass is 10.0. The van der Waals surface area contributed by atoms with Crippen molar-refractivity contribution in [3.05, 3.63) is 53.6 Å². The van der Waals surface area contributed by atoms with Gasteiger partial charge in [-0.1, -0.05) is 6.92 Å². The topological polar surface area (TPSA) is 86.8 Å². The largest absolute Gasteiger partial charge is 0.444 e. The summed E-state index contributed by atoms with van der Waals surface area (Å²) in [7, 11) is 0. The minimum absolute atomic E-state index is 0.336. The van der Waals surface area contributed by atoms with E-state index in [0.717, 1.165) is 11.4 Å². The summed E-state index contributed by atoms with van der Waals surface area (Å²) in [4.78, 5) is 32.7. The van der Waals surface area contributed by atoms with E-state index in [-0.39, 0.29) is 24.0 Å². The Morgan fingerprint density at radius 2 is 1.85 bits per heavy atom. The molecule has 1 fully saturated rings. The molecular formula is C25H34FN5O3. The van der Waals surface area contributed by atoms with Gasteiger partial charge in [0.15, 0.2) is 0 Å². The van der Waals surface area contributed by atoms with E-state index in [4.69, 9.17) is 4.74 Å². The number of aryl methyl sites for hydroxylation is 1. The second-order valence-corrected chi connectivity index (χ2v) is 9.44. The van der Waals surface area contributed by atoms with Crippen molar-refractivity contribution in [2.45, 2.75) is 52.7 Å². The lowest BCUT2D eigenvalue weighted by molar-refractivity contribution is 0.0240. The van der Waals surface area contributed by atoms with Gasteiger partial charge in [0.1, 0.15) is 11.4 Å². The van der Waals surface area contributed by atoms with Gasteiger partial charge in [0.25, 0.3) is 0 Å². The van der Waals surface area contributed by atoms with E-state index >= 15 is 0 Å². The van der Waals surface area contributed by atoms with Crippen molar-refractivity contribution in [2.24, 2.45) is 0 Å². The third-order valence-corrected chi connectivity index (χ3v) is 5.49. The molecule has 3 rings (SSSR count). The van der Waals surface area contributed by atoms with Crippen molar-refractivity contribution in [1.29, 1.82) is 0 Å². The number of nitrogens with one attached hydrogen (secondary N) is 2. The van der Waals surface area contributed by atoms with Crippen LogP contribution in [0.3, 0.4) is 0 Å². The molecule has 0 unspecified atom stereocenters. The first kappa shape index (κ1) is 25.3. The Balaban J connectivity index is 1.64. The molecule has 1 saturated heterocycles. The standard InChI is InChI=1S/C25H34FN5O3/c1-6-22(29-23(32)28-20-8-7-17(2)27-16-20)18-13-19(26)15-21(14-18)30-9-11-31(12-10-30)24(33)34-25(3,4)5/h7-8,13-16,22H,6,9-12H2,1-5H3,(H2,28,29,32)/t22-/m0/s1. The van der Waals surface area contributed by atoms with Crippen molar-refractivity contribution >= 4 is 23.5 Å². The average Bonchev–Trinajstić information content (AvgIpc) is 2.77. The number of carbonyl (C=O) groups excluding carboxylic acids is 2. The Morgan fingerprint density at radius 3 is 2.44 bits per heavy atom. The smallest absolute Gasteiger partial charge is 0.410 e. The number of pyridine rings is 1. The van der Waals surface area contributed by atoms with Crippen LogP contribution in [0.1, 0.15) is 51.4 Å². The van der Waals surface area contributed by atoms with Crippen molar-refractivity contribution in [3.8, 4) is 0 Å². The molecule has 1 atom stereocenters. The van der Waals surface area contributed by atoms with Crippen LogP contribution in [0.2, 0.25) is 0 Å². The maximum atomic E-state index is 14.5. The molecule has 1 aliphatic heterocycles. The van der Waals surface area contributed by atoms with Crippen LogP contribution in [0.5, 0.6) is 0 Å². The van der Waals surface area contributed by atoms with Crippen LogP contribution < -0.4 is 15.5 Å². The van der Waals surface area contributed by atoms with E-state index in [2.05, 4.69) is 15.6 Å². The first-order valence-corrected chi connectivity index (χ1v) is 11.6. The lowest BCUT2D eigenvalue weighted by Crippen LogP contribution is -2.50. The summed E-state index contributed by atoms with van der Waals surface area (Å²) >= 11 is 0. The van der Waals surface area contributed by atoms with Crippen LogP contribution in [0.25, 0.3) is 0 Å². The van der Waals surface area contributed by atoms with Gasteiger partial charge >= 0.3 is 12.1 Å². The van der Waals surface area contributed by atoms with Gasteiger partial charge in [-0.05, 0) is 70.0 Å². The molecule has 2 heterocycles. The van der Waals surface area contributed by atoms with Crippen LogP contribution in [0, 0.1) is 12.7 Å². The Morgan fingerprint density at radius 1 is 1.15 bits per heavy atom. The normalized spacial score (nSPS) is 15.0. The highest BCUT2D eigenvalue weighted by Crippen LogP contribution is 2.26. The summed E-state index contributed by atoms with van der Waals surface area (Å²) in [5.74, 6) is -0.370. The Labute approximate surface area is 200 Å². The summed E-state index contributed by atoms with van der Waals surface area (Å²) in [5, 5.41) is 5.68. The third kappa shape index (κ3) is 7.07. The number of aromatic nitrogens is 1. The fourth-order valence-corrected chi connectivity index (χ4v) is 3.74. The predicted octanol–water partition coefficient (Wildman–Crippen LogP) is 4.86. The van der Waals surface area contributed by atoms with Gasteiger partial charge in [-0.25, -0.2) is 14.0 Å². The molecule has 1 aromatic heterocycles. The summed E-state index contributed by atoms with van der Waals surface area (Å²) in [6, 6.07) is 7.67. The SMILES string of the molecule is CC[C@H](NC(=O)Nc1ccc(C)nc1)c1cc(F)cc(N2CCN(C(=O)OC(C)(C)C)CC2)c1. The van der Waals surface area contributed by atoms with Gasteiger partial charge in [0, 0.05) is 37.6 Å². The average molecular weight is 472 g/mol. The van der Waals surface area contributed by atoms with Gasteiger partial charge in [-0.3, -0.25) is 4.98 Å². The molecule has 0 bridgehead atoms. The number of amides is 3. The molecule has 9 heteroatoms. The number of rotatable bonds is 5. The molecule has 1 aliphatic rings. The molecule has 2 aromatic rings. The van der Waals surface area contributed by atoms with Gasteiger partial charge in [-0.2, -0.15) is 0 Å². The zero-order valence-electron chi connectivity index (χ0n) is 20.5. The second-order valence-electron chi connectivity index (χ2n) is 9.44. The maximum absolute atomic E-state index is 14.5. The van der Waals surface area contributed by atoms with Crippen molar-refractivity contribution in [2.75, 3.05) is 36.4 Å². The molecule has 2 N–H and O–H groups in total. The molecule has 0 aliphatic carbocycles. The number of hydrogen-bond donors (Lipinski definition) is 2. The van der Waals surface area contributed by atoms with Gasteiger partial charge in [0.2, 0.25) is 0 Å². The van der Waals surface area contributed by atoms with Crippen molar-refractivity contribution in [1.82, 2.24) is 15.2 Å². The van der Waals surface area contributed by atoms with Crippen LogP contribution in [0.4, 0.5) is 25.4 Å².